The Hall–Kier alpha value is -2.30. The topological polar surface area (TPSA) is 42.9 Å². The van der Waals surface area contributed by atoms with Gasteiger partial charge in [0.2, 0.25) is 6.36 Å². The number of fused-ring (bicyclic) bond motifs is 4. The van der Waals surface area contributed by atoms with Crippen LogP contribution >= 0.6 is 0 Å². The highest BCUT2D eigenvalue weighted by atomic mass is 19.1. The van der Waals surface area contributed by atoms with Gasteiger partial charge in [-0.1, -0.05) is 6.08 Å². The molecule has 1 aromatic carbocycles. The third-order valence-electron chi connectivity index (χ3n) is 2.96. The van der Waals surface area contributed by atoms with E-state index in [1.807, 2.05) is 18.2 Å². The predicted octanol–water partition coefficient (Wildman–Crippen LogP) is 2.52. The van der Waals surface area contributed by atoms with E-state index in [0.717, 1.165) is 17.0 Å². The fourth-order valence-corrected chi connectivity index (χ4v) is 1.98. The van der Waals surface area contributed by atoms with Gasteiger partial charge in [0, 0.05) is 12.0 Å². The number of methoxy groups -OCH3 is 1. The Morgan fingerprint density at radius 3 is 3.05 bits per heavy atom. The first-order valence-electron chi connectivity index (χ1n) is 5.97. The lowest BCUT2D eigenvalue weighted by Gasteiger charge is -2.14. The quantitative estimate of drug-likeness (QED) is 0.843. The molecule has 0 saturated carbocycles. The SMILES string of the molecule is COc1ccc2cc1OC(F)C/C=C1/C=CC2=NN1. The maximum Gasteiger partial charge on any atom is 0.242 e. The molecule has 0 aliphatic carbocycles. The van der Waals surface area contributed by atoms with E-state index < -0.39 is 6.36 Å². The number of hydrogen-bond donors (Lipinski definition) is 1. The molecule has 1 N–H and O–H groups in total. The van der Waals surface area contributed by atoms with Crippen molar-refractivity contribution in [2.24, 2.45) is 5.10 Å². The molecule has 5 heteroatoms. The van der Waals surface area contributed by atoms with Crippen molar-refractivity contribution in [2.45, 2.75) is 12.8 Å². The summed E-state index contributed by atoms with van der Waals surface area (Å²) < 4.78 is 24.3. The summed E-state index contributed by atoms with van der Waals surface area (Å²) in [4.78, 5) is 0. The molecule has 4 rings (SSSR count). The van der Waals surface area contributed by atoms with Crippen molar-refractivity contribution in [1.29, 1.82) is 0 Å². The Kier molecular flexibility index (Phi) is 2.95. The summed E-state index contributed by atoms with van der Waals surface area (Å²) in [5.41, 5.74) is 5.25. The van der Waals surface area contributed by atoms with E-state index >= 15 is 0 Å². The molecule has 0 amide bonds. The van der Waals surface area contributed by atoms with Crippen LogP contribution in [0.3, 0.4) is 0 Å². The van der Waals surface area contributed by atoms with Gasteiger partial charge in [0.05, 0.1) is 18.5 Å². The summed E-state index contributed by atoms with van der Waals surface area (Å²) in [6.45, 7) is 0. The molecule has 4 nitrogen and oxygen atoms in total. The second-order valence-corrected chi connectivity index (χ2v) is 4.23. The molecule has 1 aromatic rings. The van der Waals surface area contributed by atoms with Crippen molar-refractivity contribution < 1.29 is 13.9 Å². The molecule has 0 saturated heterocycles. The van der Waals surface area contributed by atoms with E-state index in [1.165, 1.54) is 7.11 Å². The van der Waals surface area contributed by atoms with Crippen molar-refractivity contribution in [3.05, 3.63) is 47.7 Å². The molecule has 19 heavy (non-hydrogen) atoms. The van der Waals surface area contributed by atoms with Crippen molar-refractivity contribution in [1.82, 2.24) is 5.43 Å². The van der Waals surface area contributed by atoms with Gasteiger partial charge >= 0.3 is 0 Å². The van der Waals surface area contributed by atoms with Gasteiger partial charge in [-0.25, -0.2) is 4.39 Å². The lowest BCUT2D eigenvalue weighted by atomic mass is 10.1. The van der Waals surface area contributed by atoms with Gasteiger partial charge in [0.25, 0.3) is 0 Å². The van der Waals surface area contributed by atoms with Gasteiger partial charge < -0.3 is 9.47 Å². The lowest BCUT2D eigenvalue weighted by molar-refractivity contribution is 0.0674. The van der Waals surface area contributed by atoms with Crippen molar-refractivity contribution in [2.75, 3.05) is 7.11 Å². The summed E-state index contributed by atoms with van der Waals surface area (Å²) in [7, 11) is 1.53. The molecule has 98 valence electrons. The van der Waals surface area contributed by atoms with E-state index in [1.54, 1.807) is 18.2 Å². The summed E-state index contributed by atoms with van der Waals surface area (Å²) in [5, 5.41) is 4.24. The van der Waals surface area contributed by atoms with Crippen molar-refractivity contribution in [3.8, 4) is 11.5 Å². The molecule has 3 aliphatic heterocycles. The molecule has 3 heterocycles. The largest absolute Gasteiger partial charge is 0.493 e. The van der Waals surface area contributed by atoms with E-state index in [-0.39, 0.29) is 6.42 Å². The summed E-state index contributed by atoms with van der Waals surface area (Å²) in [5.74, 6) is 0.887. The Balaban J connectivity index is 2.09. The van der Waals surface area contributed by atoms with Crippen LogP contribution in [-0.2, 0) is 0 Å². The zero-order chi connectivity index (χ0) is 13.2. The summed E-state index contributed by atoms with van der Waals surface area (Å²) in [6, 6.07) is 5.33. The van der Waals surface area contributed by atoms with Gasteiger partial charge in [-0.3, -0.25) is 5.43 Å². The van der Waals surface area contributed by atoms with Crippen molar-refractivity contribution in [3.63, 3.8) is 0 Å². The molecule has 4 bridgehead atoms. The number of nitrogens with zero attached hydrogens (tertiary/aromatic N) is 1. The number of hydrogen-bond acceptors (Lipinski definition) is 4. The fraction of sp³-hybridized carbons (Fsp3) is 0.214. The molecule has 0 radical (unpaired) electrons. The van der Waals surface area contributed by atoms with Crippen LogP contribution < -0.4 is 14.9 Å². The molecule has 0 spiro atoms. The number of halogens is 1. The van der Waals surface area contributed by atoms with Gasteiger partial charge in [0.15, 0.2) is 11.5 Å². The molecular formula is C14H13FN2O2. The number of allylic oxidation sites excluding steroid dienone is 2. The Morgan fingerprint density at radius 2 is 2.32 bits per heavy atom. The average molecular weight is 260 g/mol. The smallest absolute Gasteiger partial charge is 0.242 e. The van der Waals surface area contributed by atoms with E-state index in [4.69, 9.17) is 9.47 Å². The predicted molar refractivity (Wildman–Crippen MR) is 70.0 cm³/mol. The number of rotatable bonds is 1. The number of benzene rings is 1. The van der Waals surface area contributed by atoms with E-state index in [0.29, 0.717) is 11.5 Å². The number of nitrogens with one attached hydrogen (secondary N) is 1. The van der Waals surface area contributed by atoms with E-state index in [9.17, 15) is 4.39 Å². The summed E-state index contributed by atoms with van der Waals surface area (Å²) >= 11 is 0. The van der Waals surface area contributed by atoms with Crippen LogP contribution in [0.15, 0.2) is 47.2 Å². The first-order chi connectivity index (χ1) is 9.26. The average Bonchev–Trinajstić information content (AvgIpc) is 2.48. The second kappa shape index (κ2) is 4.76. The van der Waals surface area contributed by atoms with Crippen LogP contribution in [0, 0.1) is 0 Å². The monoisotopic (exact) mass is 260 g/mol. The molecular weight excluding hydrogens is 247 g/mol. The highest BCUT2D eigenvalue weighted by molar-refractivity contribution is 6.09. The molecule has 1 unspecified atom stereocenters. The highest BCUT2D eigenvalue weighted by Crippen LogP contribution is 2.31. The minimum atomic E-state index is -1.42. The number of hydrazone groups is 1. The lowest BCUT2D eigenvalue weighted by Crippen LogP contribution is -2.13. The molecule has 0 aromatic heterocycles. The summed E-state index contributed by atoms with van der Waals surface area (Å²) in [6.07, 6.45) is 4.18. The molecule has 0 fully saturated rings. The number of ether oxygens (including phenoxy) is 2. The Labute approximate surface area is 110 Å². The molecule has 3 aliphatic rings. The zero-order valence-corrected chi connectivity index (χ0v) is 10.4. The van der Waals surface area contributed by atoms with E-state index in [2.05, 4.69) is 10.5 Å². The van der Waals surface area contributed by atoms with Gasteiger partial charge in [-0.05, 0) is 30.4 Å². The number of alkyl halides is 1. The van der Waals surface area contributed by atoms with Crippen LogP contribution in [0.25, 0.3) is 0 Å². The third kappa shape index (κ3) is 2.31. The maximum absolute atomic E-state index is 13.8. The second-order valence-electron chi connectivity index (χ2n) is 4.23. The van der Waals surface area contributed by atoms with Crippen LogP contribution in [-0.4, -0.2) is 19.2 Å². The normalized spacial score (nSPS) is 23.4. The zero-order valence-electron chi connectivity index (χ0n) is 10.4. The van der Waals surface area contributed by atoms with Crippen LogP contribution in [0.2, 0.25) is 0 Å². The minimum Gasteiger partial charge on any atom is -0.493 e. The third-order valence-corrected chi connectivity index (χ3v) is 2.96. The van der Waals surface area contributed by atoms with Crippen LogP contribution in [0.4, 0.5) is 4.39 Å². The van der Waals surface area contributed by atoms with Crippen LogP contribution in [0.5, 0.6) is 11.5 Å². The Morgan fingerprint density at radius 1 is 1.42 bits per heavy atom. The Bertz CT molecular complexity index is 593. The molecule has 1 atom stereocenters. The minimum absolute atomic E-state index is 0.144. The maximum atomic E-state index is 13.8. The highest BCUT2D eigenvalue weighted by Gasteiger charge is 2.16. The first kappa shape index (κ1) is 11.8. The standard InChI is InChI=1S/C14H13FN2O2/c1-18-12-6-2-9-8-13(12)19-14(15)7-4-10-3-5-11(9)17-16-10/h2-6,8,14,16H,7H2,1H3/b10-4-. The van der Waals surface area contributed by atoms with Crippen molar-refractivity contribution >= 4 is 5.71 Å². The van der Waals surface area contributed by atoms with Crippen LogP contribution in [0.1, 0.15) is 12.0 Å². The van der Waals surface area contributed by atoms with Gasteiger partial charge in [0.1, 0.15) is 0 Å². The first-order valence-corrected chi connectivity index (χ1v) is 5.97. The van der Waals surface area contributed by atoms with Gasteiger partial charge in [-0.15, -0.1) is 0 Å². The fourth-order valence-electron chi connectivity index (χ4n) is 1.98. The van der Waals surface area contributed by atoms with Gasteiger partial charge in [-0.2, -0.15) is 5.10 Å².